The monoisotopic (exact) mass is 434 g/mol. The Balaban J connectivity index is 1.74. The molecule has 1 spiro atoms. The molecule has 0 aliphatic heterocycles. The first-order valence-corrected chi connectivity index (χ1v) is 9.26. The molecule has 2 fully saturated rings. The van der Waals surface area contributed by atoms with Crippen LogP contribution >= 0.6 is 38.5 Å². The van der Waals surface area contributed by atoms with Crippen molar-refractivity contribution in [3.8, 4) is 5.75 Å². The quantitative estimate of drug-likeness (QED) is 0.438. The number of benzene rings is 1. The van der Waals surface area contributed by atoms with E-state index in [0.717, 1.165) is 12.2 Å². The van der Waals surface area contributed by atoms with E-state index in [-0.39, 0.29) is 0 Å². The maximum Gasteiger partial charge on any atom is 0.120 e. The van der Waals surface area contributed by atoms with Crippen molar-refractivity contribution in [2.45, 2.75) is 55.9 Å². The van der Waals surface area contributed by atoms with Crippen molar-refractivity contribution in [3.05, 3.63) is 27.8 Å². The van der Waals surface area contributed by atoms with Crippen molar-refractivity contribution >= 4 is 38.5 Å². The molecule has 0 saturated heterocycles. The second-order valence-electron chi connectivity index (χ2n) is 5.91. The fourth-order valence-corrected chi connectivity index (χ4v) is 5.20. The molecule has 0 aromatic heterocycles. The molecule has 1 aromatic rings. The number of rotatable bonds is 2. The van der Waals surface area contributed by atoms with Gasteiger partial charge in [0.1, 0.15) is 11.9 Å². The molecule has 2 saturated carbocycles. The molecule has 104 valence electrons. The van der Waals surface area contributed by atoms with Gasteiger partial charge in [0.05, 0.1) is 0 Å². The van der Waals surface area contributed by atoms with Crippen molar-refractivity contribution in [2.75, 3.05) is 0 Å². The van der Waals surface area contributed by atoms with E-state index in [2.05, 4.69) is 62.8 Å². The van der Waals surface area contributed by atoms with Crippen LogP contribution in [0, 0.1) is 8.99 Å². The van der Waals surface area contributed by atoms with Crippen LogP contribution in [-0.4, -0.2) is 10.9 Å². The van der Waals surface area contributed by atoms with E-state index in [4.69, 9.17) is 4.74 Å². The zero-order valence-corrected chi connectivity index (χ0v) is 14.8. The number of alkyl halides is 1. The Morgan fingerprint density at radius 2 is 1.89 bits per heavy atom. The van der Waals surface area contributed by atoms with Crippen molar-refractivity contribution in [1.29, 1.82) is 0 Å². The average molecular weight is 435 g/mol. The van der Waals surface area contributed by atoms with Crippen LogP contribution in [0.3, 0.4) is 0 Å². The normalized spacial score (nSPS) is 29.6. The summed E-state index contributed by atoms with van der Waals surface area (Å²) in [6.45, 7) is 0. The summed E-state index contributed by atoms with van der Waals surface area (Å²) in [6, 6.07) is 8.44. The number of hydrogen-bond donors (Lipinski definition) is 0. The molecule has 0 heterocycles. The summed E-state index contributed by atoms with van der Waals surface area (Å²) in [7, 11) is 0. The van der Waals surface area contributed by atoms with Crippen molar-refractivity contribution in [3.63, 3.8) is 0 Å². The molecule has 0 radical (unpaired) electrons. The average Bonchev–Trinajstić information content (AvgIpc) is 2.66. The molecule has 0 bridgehead atoms. The molecule has 1 aromatic carbocycles. The Labute approximate surface area is 137 Å². The van der Waals surface area contributed by atoms with Gasteiger partial charge in [-0.25, -0.2) is 0 Å². The van der Waals surface area contributed by atoms with E-state index in [1.165, 1.54) is 42.1 Å². The molecule has 0 N–H and O–H groups in total. The van der Waals surface area contributed by atoms with Gasteiger partial charge in [-0.3, -0.25) is 0 Å². The second-order valence-corrected chi connectivity index (χ2v) is 8.27. The number of halogens is 2. The smallest absolute Gasteiger partial charge is 0.120 e. The molecular formula is C16H20BrIO. The minimum absolute atomic E-state index is 0.401. The van der Waals surface area contributed by atoms with Crippen LogP contribution in [0.1, 0.15) is 44.9 Å². The van der Waals surface area contributed by atoms with Crippen LogP contribution < -0.4 is 4.74 Å². The summed E-state index contributed by atoms with van der Waals surface area (Å²) in [5.74, 6) is 1.04. The van der Waals surface area contributed by atoms with Crippen molar-refractivity contribution in [2.24, 2.45) is 5.41 Å². The summed E-state index contributed by atoms with van der Waals surface area (Å²) < 4.78 is 7.57. The molecule has 2 aliphatic carbocycles. The third-order valence-electron chi connectivity index (χ3n) is 4.79. The predicted molar refractivity (Wildman–Crippen MR) is 91.0 cm³/mol. The fourth-order valence-electron chi connectivity index (χ4n) is 3.59. The number of ether oxygens (including phenoxy) is 1. The molecule has 2 aliphatic rings. The number of hydrogen-bond acceptors (Lipinski definition) is 1. The van der Waals surface area contributed by atoms with E-state index < -0.39 is 0 Å². The summed E-state index contributed by atoms with van der Waals surface area (Å²) in [5, 5.41) is 0. The minimum Gasteiger partial charge on any atom is -0.490 e. The van der Waals surface area contributed by atoms with Crippen LogP contribution in [0.15, 0.2) is 24.3 Å². The molecular weight excluding hydrogens is 415 g/mol. The minimum atomic E-state index is 0.401. The van der Waals surface area contributed by atoms with Gasteiger partial charge in [0.15, 0.2) is 0 Å². The van der Waals surface area contributed by atoms with Gasteiger partial charge in [0.2, 0.25) is 0 Å². The summed E-state index contributed by atoms with van der Waals surface area (Å²) in [4.78, 5) is 0.658. The molecule has 2 atom stereocenters. The zero-order chi connectivity index (χ0) is 13.3. The van der Waals surface area contributed by atoms with Gasteiger partial charge in [-0.2, -0.15) is 0 Å². The van der Waals surface area contributed by atoms with Crippen LogP contribution in [0.5, 0.6) is 5.75 Å². The predicted octanol–water partition coefficient (Wildman–Crippen LogP) is 5.55. The van der Waals surface area contributed by atoms with Gasteiger partial charge in [0, 0.05) is 13.8 Å². The van der Waals surface area contributed by atoms with Gasteiger partial charge in [-0.05, 0) is 60.1 Å². The van der Waals surface area contributed by atoms with Crippen LogP contribution in [-0.2, 0) is 0 Å². The molecule has 3 rings (SSSR count). The maximum atomic E-state index is 6.32. The maximum absolute atomic E-state index is 6.32. The summed E-state index contributed by atoms with van der Waals surface area (Å²) in [5.41, 5.74) is 0.401. The first-order valence-electron chi connectivity index (χ1n) is 7.27. The first kappa shape index (κ1) is 14.2. The van der Waals surface area contributed by atoms with Gasteiger partial charge in [-0.15, -0.1) is 0 Å². The van der Waals surface area contributed by atoms with E-state index >= 15 is 0 Å². The molecule has 0 amide bonds. The van der Waals surface area contributed by atoms with Crippen LogP contribution in [0.4, 0.5) is 0 Å². The lowest BCUT2D eigenvalue weighted by Crippen LogP contribution is -2.56. The fraction of sp³-hybridized carbons (Fsp3) is 0.625. The summed E-state index contributed by atoms with van der Waals surface area (Å²) in [6.07, 6.45) is 9.77. The SMILES string of the molecule is BrC1CC(Oc2cccc(I)c2)C12CCCCCC2. The van der Waals surface area contributed by atoms with E-state index in [1.807, 2.05) is 0 Å². The highest BCUT2D eigenvalue weighted by Crippen LogP contribution is 2.55. The molecule has 1 nitrogen and oxygen atoms in total. The van der Waals surface area contributed by atoms with Crippen LogP contribution in [0.25, 0.3) is 0 Å². The van der Waals surface area contributed by atoms with Gasteiger partial charge < -0.3 is 4.74 Å². The largest absolute Gasteiger partial charge is 0.490 e. The Hall–Kier alpha value is 0.230. The van der Waals surface area contributed by atoms with E-state index in [1.54, 1.807) is 0 Å². The lowest BCUT2D eigenvalue weighted by atomic mass is 9.61. The Kier molecular flexibility index (Phi) is 4.42. The van der Waals surface area contributed by atoms with Crippen molar-refractivity contribution < 1.29 is 4.74 Å². The highest BCUT2D eigenvalue weighted by molar-refractivity contribution is 14.1. The van der Waals surface area contributed by atoms with Crippen molar-refractivity contribution in [1.82, 2.24) is 0 Å². The Morgan fingerprint density at radius 3 is 2.53 bits per heavy atom. The highest BCUT2D eigenvalue weighted by atomic mass is 127. The third kappa shape index (κ3) is 2.82. The van der Waals surface area contributed by atoms with E-state index in [9.17, 15) is 0 Å². The zero-order valence-electron chi connectivity index (χ0n) is 11.1. The van der Waals surface area contributed by atoms with Gasteiger partial charge in [0.25, 0.3) is 0 Å². The second kappa shape index (κ2) is 5.92. The Bertz CT molecular complexity index is 440. The molecule has 2 unspecified atom stereocenters. The topological polar surface area (TPSA) is 9.23 Å². The van der Waals surface area contributed by atoms with E-state index in [0.29, 0.717) is 16.3 Å². The standard InChI is InChI=1S/C16H20BrIO/c17-14-11-15(16(14)8-3-1-2-4-9-16)19-13-7-5-6-12(18)10-13/h5-7,10,14-15H,1-4,8-9,11H2. The van der Waals surface area contributed by atoms with Gasteiger partial charge in [-0.1, -0.05) is 47.7 Å². The van der Waals surface area contributed by atoms with Gasteiger partial charge >= 0.3 is 0 Å². The Morgan fingerprint density at radius 1 is 1.16 bits per heavy atom. The van der Waals surface area contributed by atoms with Crippen LogP contribution in [0.2, 0.25) is 0 Å². The summed E-state index contributed by atoms with van der Waals surface area (Å²) >= 11 is 6.25. The molecule has 3 heteroatoms. The lowest BCUT2D eigenvalue weighted by Gasteiger charge is -2.53. The lowest BCUT2D eigenvalue weighted by molar-refractivity contribution is -0.0462. The third-order valence-corrected chi connectivity index (χ3v) is 6.75. The first-order chi connectivity index (χ1) is 9.21. The highest BCUT2D eigenvalue weighted by Gasteiger charge is 2.54. The molecule has 19 heavy (non-hydrogen) atoms.